The van der Waals surface area contributed by atoms with Crippen molar-refractivity contribution in [1.29, 1.82) is 0 Å². The van der Waals surface area contributed by atoms with E-state index in [1.54, 1.807) is 35.6 Å². The van der Waals surface area contributed by atoms with E-state index in [0.29, 0.717) is 16.9 Å². The van der Waals surface area contributed by atoms with Gasteiger partial charge in [-0.25, -0.2) is 4.98 Å². The second-order valence-electron chi connectivity index (χ2n) is 6.06. The average Bonchev–Trinajstić information content (AvgIpc) is 3.33. The van der Waals surface area contributed by atoms with Gasteiger partial charge < -0.3 is 10.1 Å². The third kappa shape index (κ3) is 5.11. The number of carbonyl (C=O) groups is 3. The Kier molecular flexibility index (Phi) is 6.33. The Morgan fingerprint density at radius 3 is 2.71 bits per heavy atom. The fourth-order valence-electron chi connectivity index (χ4n) is 2.40. The van der Waals surface area contributed by atoms with Gasteiger partial charge in [0.2, 0.25) is 0 Å². The summed E-state index contributed by atoms with van der Waals surface area (Å²) in [5.74, 6) is -1.09. The smallest absolute Gasteiger partial charge is 0.312 e. The highest BCUT2D eigenvalue weighted by atomic mass is 32.1. The molecule has 0 saturated carbocycles. The largest absolute Gasteiger partial charge is 0.452 e. The zero-order valence-corrected chi connectivity index (χ0v) is 16.9. The fourth-order valence-corrected chi connectivity index (χ4v) is 4.04. The molecule has 1 atom stereocenters. The standard InChI is InChI=1S/C20H18N2O4S2/c1-12(23)14-5-3-6-15(9-14)21-19(25)13(2)26-18(24)10-16-11-28-20(22-16)17-7-4-8-27-17/h3-9,11,13H,10H2,1-2H3,(H,21,25)/t13-/m1/s1. The molecule has 3 aromatic rings. The number of Topliss-reactive ketones (excluding diaryl/α,β-unsaturated/α-hetero) is 1. The lowest BCUT2D eigenvalue weighted by atomic mass is 10.1. The van der Waals surface area contributed by atoms with E-state index in [4.69, 9.17) is 4.74 Å². The van der Waals surface area contributed by atoms with Crippen LogP contribution in [0.15, 0.2) is 47.2 Å². The first-order chi connectivity index (χ1) is 13.4. The SMILES string of the molecule is CC(=O)c1cccc(NC(=O)[C@@H](C)OC(=O)Cc2csc(-c3cccs3)n2)c1. The molecular weight excluding hydrogens is 396 g/mol. The van der Waals surface area contributed by atoms with Crippen LogP contribution in [-0.2, 0) is 20.7 Å². The number of ketones is 1. The Labute approximate surface area is 170 Å². The van der Waals surface area contributed by atoms with Crippen molar-refractivity contribution in [1.82, 2.24) is 4.98 Å². The summed E-state index contributed by atoms with van der Waals surface area (Å²) in [5.41, 5.74) is 1.58. The van der Waals surface area contributed by atoms with Gasteiger partial charge in [0, 0.05) is 16.6 Å². The van der Waals surface area contributed by atoms with Gasteiger partial charge in [-0.1, -0.05) is 18.2 Å². The normalized spacial score (nSPS) is 11.6. The van der Waals surface area contributed by atoms with Crippen molar-refractivity contribution in [3.63, 3.8) is 0 Å². The first-order valence-electron chi connectivity index (χ1n) is 8.52. The Morgan fingerprint density at radius 1 is 1.18 bits per heavy atom. The molecule has 0 aliphatic carbocycles. The molecule has 1 aromatic carbocycles. The maximum atomic E-state index is 12.3. The number of anilines is 1. The van der Waals surface area contributed by atoms with Crippen molar-refractivity contribution < 1.29 is 19.1 Å². The minimum absolute atomic E-state index is 0.000678. The summed E-state index contributed by atoms with van der Waals surface area (Å²) in [7, 11) is 0. The first-order valence-corrected chi connectivity index (χ1v) is 10.3. The highest BCUT2D eigenvalue weighted by molar-refractivity contribution is 7.20. The fraction of sp³-hybridized carbons (Fsp3) is 0.200. The summed E-state index contributed by atoms with van der Waals surface area (Å²) in [6.07, 6.45) is -0.969. The number of thiophene rings is 1. The van der Waals surface area contributed by atoms with E-state index in [0.717, 1.165) is 9.88 Å². The second-order valence-corrected chi connectivity index (χ2v) is 7.86. The summed E-state index contributed by atoms with van der Waals surface area (Å²) in [6.45, 7) is 2.95. The lowest BCUT2D eigenvalue weighted by molar-refractivity contribution is -0.152. The van der Waals surface area contributed by atoms with Crippen LogP contribution in [0.3, 0.4) is 0 Å². The number of hydrogen-bond acceptors (Lipinski definition) is 7. The zero-order chi connectivity index (χ0) is 20.1. The topological polar surface area (TPSA) is 85.4 Å². The van der Waals surface area contributed by atoms with E-state index in [2.05, 4.69) is 10.3 Å². The highest BCUT2D eigenvalue weighted by Gasteiger charge is 2.19. The van der Waals surface area contributed by atoms with E-state index in [9.17, 15) is 14.4 Å². The molecule has 6 nitrogen and oxygen atoms in total. The van der Waals surface area contributed by atoms with Gasteiger partial charge in [0.15, 0.2) is 11.9 Å². The number of ether oxygens (including phenoxy) is 1. The predicted molar refractivity (Wildman–Crippen MR) is 110 cm³/mol. The molecule has 0 radical (unpaired) electrons. The van der Waals surface area contributed by atoms with Gasteiger partial charge in [0.05, 0.1) is 17.0 Å². The number of benzene rings is 1. The van der Waals surface area contributed by atoms with Crippen molar-refractivity contribution in [3.8, 4) is 9.88 Å². The molecule has 1 amide bonds. The number of aromatic nitrogens is 1. The lowest BCUT2D eigenvalue weighted by Gasteiger charge is -2.13. The molecule has 2 aromatic heterocycles. The van der Waals surface area contributed by atoms with Gasteiger partial charge in [0.1, 0.15) is 5.01 Å². The van der Waals surface area contributed by atoms with Crippen LogP contribution in [0.4, 0.5) is 5.69 Å². The van der Waals surface area contributed by atoms with Gasteiger partial charge >= 0.3 is 5.97 Å². The van der Waals surface area contributed by atoms with Crippen molar-refractivity contribution in [2.45, 2.75) is 26.4 Å². The van der Waals surface area contributed by atoms with Gasteiger partial charge in [0.25, 0.3) is 5.91 Å². The van der Waals surface area contributed by atoms with Crippen molar-refractivity contribution in [2.75, 3.05) is 5.32 Å². The third-order valence-corrected chi connectivity index (χ3v) is 5.75. The molecule has 0 spiro atoms. The molecule has 0 fully saturated rings. The van der Waals surface area contributed by atoms with E-state index in [1.807, 2.05) is 22.9 Å². The molecule has 0 saturated heterocycles. The Morgan fingerprint density at radius 2 is 2.00 bits per heavy atom. The van der Waals surface area contributed by atoms with Crippen molar-refractivity contribution in [2.24, 2.45) is 0 Å². The van der Waals surface area contributed by atoms with Crippen LogP contribution in [0.5, 0.6) is 0 Å². The monoisotopic (exact) mass is 414 g/mol. The summed E-state index contributed by atoms with van der Waals surface area (Å²) < 4.78 is 5.22. The van der Waals surface area contributed by atoms with Crippen LogP contribution in [0.2, 0.25) is 0 Å². The average molecular weight is 415 g/mol. The molecule has 1 N–H and O–H groups in total. The quantitative estimate of drug-likeness (QED) is 0.463. The van der Waals surface area contributed by atoms with Crippen molar-refractivity contribution >= 4 is 46.0 Å². The predicted octanol–water partition coefficient (Wildman–Crippen LogP) is 4.19. The molecule has 8 heteroatoms. The molecule has 0 unspecified atom stereocenters. The summed E-state index contributed by atoms with van der Waals surface area (Å²) in [6, 6.07) is 10.5. The van der Waals surface area contributed by atoms with E-state index >= 15 is 0 Å². The molecular formula is C20H18N2O4S2. The molecule has 2 heterocycles. The number of thiazole rings is 1. The number of amides is 1. The first kappa shape index (κ1) is 19.9. The van der Waals surface area contributed by atoms with Crippen LogP contribution >= 0.6 is 22.7 Å². The van der Waals surface area contributed by atoms with Crippen LogP contribution in [-0.4, -0.2) is 28.7 Å². The second kappa shape index (κ2) is 8.90. The van der Waals surface area contributed by atoms with Crippen LogP contribution in [0.25, 0.3) is 9.88 Å². The van der Waals surface area contributed by atoms with Gasteiger partial charge in [-0.05, 0) is 37.4 Å². The minimum Gasteiger partial charge on any atom is -0.452 e. The van der Waals surface area contributed by atoms with Gasteiger partial charge in [-0.3, -0.25) is 14.4 Å². The number of nitrogens with zero attached hydrogens (tertiary/aromatic N) is 1. The maximum Gasteiger partial charge on any atom is 0.312 e. The number of esters is 1. The molecule has 0 aliphatic heterocycles. The van der Waals surface area contributed by atoms with E-state index in [-0.39, 0.29) is 12.2 Å². The third-order valence-electron chi connectivity index (χ3n) is 3.82. The van der Waals surface area contributed by atoms with E-state index in [1.165, 1.54) is 25.2 Å². The number of carbonyl (C=O) groups excluding carboxylic acids is 3. The van der Waals surface area contributed by atoms with Crippen LogP contribution in [0, 0.1) is 0 Å². The van der Waals surface area contributed by atoms with E-state index < -0.39 is 18.0 Å². The molecule has 3 rings (SSSR count). The number of rotatable bonds is 7. The molecule has 144 valence electrons. The Hall–Kier alpha value is -2.84. The summed E-state index contributed by atoms with van der Waals surface area (Å²) >= 11 is 3.05. The van der Waals surface area contributed by atoms with Crippen LogP contribution in [0.1, 0.15) is 29.9 Å². The molecule has 28 heavy (non-hydrogen) atoms. The minimum atomic E-state index is -0.969. The van der Waals surface area contributed by atoms with Crippen LogP contribution < -0.4 is 5.32 Å². The Balaban J connectivity index is 1.54. The lowest BCUT2D eigenvalue weighted by Crippen LogP contribution is -2.30. The van der Waals surface area contributed by atoms with Crippen molar-refractivity contribution in [3.05, 3.63) is 58.4 Å². The van der Waals surface area contributed by atoms with Gasteiger partial charge in [-0.15, -0.1) is 22.7 Å². The Bertz CT molecular complexity index is 995. The number of nitrogens with one attached hydrogen (secondary N) is 1. The summed E-state index contributed by atoms with van der Waals surface area (Å²) in [5, 5.41) is 7.29. The maximum absolute atomic E-state index is 12.3. The number of hydrogen-bond donors (Lipinski definition) is 1. The van der Waals surface area contributed by atoms with Gasteiger partial charge in [-0.2, -0.15) is 0 Å². The molecule has 0 bridgehead atoms. The molecule has 0 aliphatic rings. The zero-order valence-electron chi connectivity index (χ0n) is 15.3. The highest BCUT2D eigenvalue weighted by Crippen LogP contribution is 2.28. The summed E-state index contributed by atoms with van der Waals surface area (Å²) in [4.78, 5) is 41.3.